The topological polar surface area (TPSA) is 561 Å². The highest BCUT2D eigenvalue weighted by Crippen LogP contribution is 2.31. The number of carboxylic acids is 1. The van der Waals surface area contributed by atoms with Crippen molar-refractivity contribution < 1.29 is 81.7 Å². The molecule has 1 aromatic heterocycles. The average molecular weight is 1610 g/mol. The minimum absolute atomic E-state index is 0.00105. The molecule has 2 aliphatic carbocycles. The number of carbonyl (C=O) groups is 14. The van der Waals surface area contributed by atoms with Gasteiger partial charge in [-0.15, -0.1) is 0 Å². The van der Waals surface area contributed by atoms with Gasteiger partial charge in [-0.1, -0.05) is 94.7 Å². The van der Waals surface area contributed by atoms with Crippen LogP contribution in [0.4, 0.5) is 4.39 Å². The lowest BCUT2D eigenvalue weighted by Crippen LogP contribution is -2.61. The number of halogens is 3. The van der Waals surface area contributed by atoms with Crippen molar-refractivity contribution in [3.05, 3.63) is 99.4 Å². The first-order valence-electron chi connectivity index (χ1n) is 36.0. The Labute approximate surface area is 650 Å². The van der Waals surface area contributed by atoms with E-state index in [4.69, 9.17) is 51.9 Å². The second-order valence-electron chi connectivity index (χ2n) is 27.0. The van der Waals surface area contributed by atoms with Crippen LogP contribution in [0.3, 0.4) is 0 Å². The van der Waals surface area contributed by atoms with E-state index in [0.29, 0.717) is 49.6 Å². The zero-order chi connectivity index (χ0) is 80.1. The number of aromatic amines is 1. The quantitative estimate of drug-likeness (QED) is 0.0164. The highest BCUT2D eigenvalue weighted by Gasteiger charge is 2.40. The lowest BCUT2D eigenvalue weighted by Gasteiger charge is -2.30. The van der Waals surface area contributed by atoms with Crippen LogP contribution in [0.1, 0.15) is 119 Å². The molecule has 23 N–H and O–H groups in total. The molecule has 3 aromatic carbocycles. The third-order valence-corrected chi connectivity index (χ3v) is 22.1. The number of benzene rings is 3. The predicted octanol–water partition coefficient (Wildman–Crippen LogP) is -0.409. The molecule has 0 radical (unpaired) electrons. The number of carbonyl (C=O) groups excluding carboxylic acids is 13. The fourth-order valence-electron chi connectivity index (χ4n) is 13.0. The maximum Gasteiger partial charge on any atom is 0.303 e. The van der Waals surface area contributed by atoms with Crippen molar-refractivity contribution in [2.45, 2.75) is 182 Å². The summed E-state index contributed by atoms with van der Waals surface area (Å²) in [4.78, 5) is 207. The van der Waals surface area contributed by atoms with Crippen LogP contribution < -0.4 is 81.8 Å². The number of guanidine groups is 1. The number of phenols is 1. The molecule has 7 rings (SSSR count). The minimum Gasteiger partial charge on any atom is -0.508 e. The molecular weight excluding hydrogens is 1510 g/mol. The molecule has 3 fully saturated rings. The molecule has 34 nitrogen and oxygen atoms in total. The van der Waals surface area contributed by atoms with E-state index in [0.717, 1.165) is 46.6 Å². The number of fused-ring (bicyclic) bond motifs is 1. The zero-order valence-electron chi connectivity index (χ0n) is 60.2. The number of aromatic nitrogens is 1. The molecule has 3 aliphatic rings. The fraction of sp³-hybridized carbons (Fsp3) is 0.507. The second-order valence-corrected chi connectivity index (χ2v) is 30.4. The molecule has 4 aromatic rings. The molecular formula is C71H95Cl2FN18O16S2. The van der Waals surface area contributed by atoms with Crippen molar-refractivity contribution in [1.82, 2.24) is 63.1 Å². The highest BCUT2D eigenvalue weighted by molar-refractivity contribution is 8.76. The van der Waals surface area contributed by atoms with Gasteiger partial charge < -0.3 is 102 Å². The van der Waals surface area contributed by atoms with E-state index in [-0.39, 0.29) is 95.4 Å². The Balaban J connectivity index is 1.29. The van der Waals surface area contributed by atoms with Crippen LogP contribution in [0, 0.1) is 11.7 Å². The molecule has 110 heavy (non-hydrogen) atoms. The smallest absolute Gasteiger partial charge is 0.303 e. The van der Waals surface area contributed by atoms with E-state index in [2.05, 4.69) is 63.1 Å². The summed E-state index contributed by atoms with van der Waals surface area (Å²) in [7, 11) is 1.68. The minimum atomic E-state index is -1.81. The normalized spacial score (nSPS) is 21.9. The third-order valence-electron chi connectivity index (χ3n) is 18.8. The average Bonchev–Trinajstić information content (AvgIpc) is 1.69. The van der Waals surface area contributed by atoms with Crippen LogP contribution in [-0.4, -0.2) is 207 Å². The van der Waals surface area contributed by atoms with Gasteiger partial charge in [-0.3, -0.25) is 72.1 Å². The predicted molar refractivity (Wildman–Crippen MR) is 408 cm³/mol. The van der Waals surface area contributed by atoms with Crippen molar-refractivity contribution in [2.24, 2.45) is 39.6 Å². The molecule has 1 saturated heterocycles. The number of hydrogen-bond donors (Lipinski definition) is 18. The molecule has 13 amide bonds. The Morgan fingerprint density at radius 2 is 1.28 bits per heavy atom. The number of carboxylic acid groups (broad SMARTS) is 1. The molecule has 598 valence electrons. The zero-order valence-corrected chi connectivity index (χ0v) is 63.4. The van der Waals surface area contributed by atoms with Crippen LogP contribution >= 0.6 is 44.8 Å². The first kappa shape index (κ1) is 87.2. The number of nitrogens with two attached hydrogens (primary N) is 5. The molecule has 0 unspecified atom stereocenters. The number of aliphatic carboxylic acids is 1. The van der Waals surface area contributed by atoms with Crippen molar-refractivity contribution >= 4 is 144 Å². The Morgan fingerprint density at radius 3 is 1.94 bits per heavy atom. The van der Waals surface area contributed by atoms with Crippen LogP contribution in [0.2, 0.25) is 10.0 Å². The van der Waals surface area contributed by atoms with E-state index < -0.39 is 206 Å². The third kappa shape index (κ3) is 27.5. The largest absolute Gasteiger partial charge is 0.508 e. The molecule has 2 heterocycles. The lowest BCUT2D eigenvalue weighted by atomic mass is 9.95. The highest BCUT2D eigenvalue weighted by atomic mass is 35.5. The first-order valence-corrected chi connectivity index (χ1v) is 39.3. The maximum absolute atomic E-state index is 15.4. The van der Waals surface area contributed by atoms with Gasteiger partial charge in [0.25, 0.3) is 0 Å². The van der Waals surface area contributed by atoms with Crippen LogP contribution in [0.5, 0.6) is 5.75 Å². The van der Waals surface area contributed by atoms with Gasteiger partial charge in [-0.25, -0.2) is 4.39 Å². The van der Waals surface area contributed by atoms with E-state index in [9.17, 15) is 62.5 Å². The number of H-pyrrole nitrogens is 1. The van der Waals surface area contributed by atoms with Crippen LogP contribution in [0.15, 0.2) is 71.9 Å². The number of amides is 13. The Hall–Kier alpha value is -9.98. The SMILES string of the molecule is NCCC(=O)N(CC(=O)N[C@@H](Cc1ccc(O)cc1)C(=O)N[C@H]1CSSC[C@@H](C(N)=O)NC(=O)[C@H](CCC(=O)O)NC(=O)[C@H](Cc2c[nH]c3ccc(F)cc23)NC(=O)[C@@H](CCC(N)=O)NC(=O)CCNC(=O)[C@H](CCCN=C(N)N)NC(=O)[C@H](Cc2cccc(Cl)c2Cl)NC(=O)[C@H](C2CCCC2)NC1=O)C1CCCC1. The van der Waals surface area contributed by atoms with E-state index in [1.807, 2.05) is 0 Å². The van der Waals surface area contributed by atoms with Gasteiger partial charge in [0.15, 0.2) is 5.96 Å². The number of aromatic hydroxyl groups is 1. The first-order chi connectivity index (χ1) is 52.5. The molecule has 39 heteroatoms. The Bertz CT molecular complexity index is 4000. The molecule has 1 aliphatic heterocycles. The summed E-state index contributed by atoms with van der Waals surface area (Å²) in [6.07, 6.45) is 1.99. The standard InChI is InChI=1S/C71H95Cl2FN18O16S2/c72-45-12-5-9-39(60(45)73)30-51-67(105)85-47(13-6-27-81-71(78)79)63(101)80-28-25-56(95)83-48(20-22-55(76)94)64(102)87-52(31-40-33-82-46-19-16-41(74)32-44(40)46)68(106)86-49(21-23-59(98)99)65(103)89-53(62(77)100)35-109-110-36-54(69(107)91-61(70(108)88-51)38-7-1-2-8-38)90-66(104)50(29-37-14-17-43(93)18-15-37)84-57(96)34-92(58(97)24-26-75)42-10-3-4-11-42/h5,9,12,14-19,32-33,38,42,47-54,61,82,93H,1-4,6-8,10-11,13,20-31,34-36,75H2,(H2,76,94)(H2,77,100)(H,80,101)(H,83,95)(H,84,96)(H,85,105)(H,86,106)(H,87,102)(H,88,108)(H,89,103)(H,90,104)(H,91,107)(H,98,99)(H4,78,79,81)/t47-,48+,49-,50-,51-,52-,53-,54-,61-/m0/s1. The molecule has 0 spiro atoms. The number of nitrogens with one attached hydrogen (secondary N) is 11. The Kier molecular flexibility index (Phi) is 34.4. The van der Waals surface area contributed by atoms with Crippen LogP contribution in [-0.2, 0) is 86.4 Å². The van der Waals surface area contributed by atoms with Gasteiger partial charge in [-0.05, 0) is 110 Å². The van der Waals surface area contributed by atoms with Crippen molar-refractivity contribution in [3.63, 3.8) is 0 Å². The lowest BCUT2D eigenvalue weighted by molar-refractivity contribution is -0.139. The number of primary amides is 2. The van der Waals surface area contributed by atoms with Crippen molar-refractivity contribution in [1.29, 1.82) is 0 Å². The Morgan fingerprint density at radius 1 is 0.673 bits per heavy atom. The molecule has 0 bridgehead atoms. The van der Waals surface area contributed by atoms with E-state index >= 15 is 19.2 Å². The van der Waals surface area contributed by atoms with Gasteiger partial charge in [0.1, 0.15) is 65.9 Å². The van der Waals surface area contributed by atoms with Gasteiger partial charge in [0, 0.05) is 99.2 Å². The summed E-state index contributed by atoms with van der Waals surface area (Å²) < 4.78 is 14.8. The molecule has 2 saturated carbocycles. The van der Waals surface area contributed by atoms with Gasteiger partial charge in [0.2, 0.25) is 76.8 Å². The van der Waals surface area contributed by atoms with Gasteiger partial charge >= 0.3 is 5.97 Å². The number of nitrogens with zero attached hydrogens (tertiary/aromatic N) is 2. The summed E-state index contributed by atoms with van der Waals surface area (Å²) in [5.41, 5.74) is 29.7. The maximum atomic E-state index is 15.4. The van der Waals surface area contributed by atoms with E-state index in [1.54, 1.807) is 6.07 Å². The number of rotatable bonds is 26. The monoisotopic (exact) mass is 1610 g/mol. The number of aliphatic imine (C=N–C) groups is 1. The second kappa shape index (κ2) is 43.4. The van der Waals surface area contributed by atoms with Crippen molar-refractivity contribution in [3.8, 4) is 5.75 Å². The summed E-state index contributed by atoms with van der Waals surface area (Å²) in [5, 5.41) is 46.6. The van der Waals surface area contributed by atoms with E-state index in [1.165, 1.54) is 53.6 Å². The van der Waals surface area contributed by atoms with Crippen molar-refractivity contribution in [2.75, 3.05) is 37.7 Å². The summed E-state index contributed by atoms with van der Waals surface area (Å²) >= 11 is 13.2. The number of hydrogen-bond acceptors (Lipinski definition) is 19. The fourth-order valence-corrected chi connectivity index (χ4v) is 15.7. The summed E-state index contributed by atoms with van der Waals surface area (Å²) in [6.45, 7) is -0.980. The van der Waals surface area contributed by atoms with Gasteiger partial charge in [-0.2, -0.15) is 0 Å². The molecule has 9 atom stereocenters. The summed E-state index contributed by atoms with van der Waals surface area (Å²) in [5.74, 6) is -16.2. The summed E-state index contributed by atoms with van der Waals surface area (Å²) in [6, 6.07) is -0.925. The number of phenolic OH excluding ortho intramolecular Hbond substituents is 1. The van der Waals surface area contributed by atoms with Crippen LogP contribution in [0.25, 0.3) is 10.9 Å². The van der Waals surface area contributed by atoms with Gasteiger partial charge in [0.05, 0.1) is 16.6 Å².